The van der Waals surface area contributed by atoms with E-state index >= 15 is 0 Å². The van der Waals surface area contributed by atoms with Crippen molar-refractivity contribution in [3.05, 3.63) is 82.9 Å². The molecule has 0 saturated heterocycles. The van der Waals surface area contributed by atoms with Gasteiger partial charge in [0.1, 0.15) is 0 Å². The molecule has 0 heterocycles. The van der Waals surface area contributed by atoms with Crippen molar-refractivity contribution in [3.8, 4) is 0 Å². The predicted octanol–water partition coefficient (Wildman–Crippen LogP) is 5.65. The number of hydrogen-bond donors (Lipinski definition) is 0. The number of carbonyl (C=O) groups excluding carboxylic acids is 2. The molecule has 0 atom stereocenters. The van der Waals surface area contributed by atoms with Gasteiger partial charge in [-0.15, -0.1) is 0 Å². The molecule has 1 saturated carbocycles. The fourth-order valence-corrected chi connectivity index (χ4v) is 3.28. The highest BCUT2D eigenvalue weighted by Crippen LogP contribution is 2.23. The Bertz CT molecular complexity index is 742. The number of Topliss-reactive ketones (excluding diaryl/α,β-unsaturated/α-hetero) is 2. The summed E-state index contributed by atoms with van der Waals surface area (Å²) < 4.78 is 0. The first-order chi connectivity index (χ1) is 12.7. The summed E-state index contributed by atoms with van der Waals surface area (Å²) in [6, 6.07) is 19.5. The molecule has 0 aromatic heterocycles. The van der Waals surface area contributed by atoms with Gasteiger partial charge in [-0.25, -0.2) is 0 Å². The van der Waals surface area contributed by atoms with Crippen LogP contribution in [0.4, 0.5) is 0 Å². The Kier molecular flexibility index (Phi) is 6.32. The molecule has 0 amide bonds. The second-order valence-electron chi connectivity index (χ2n) is 6.73. The molecule has 132 valence electrons. The molecule has 1 aliphatic carbocycles. The summed E-state index contributed by atoms with van der Waals surface area (Å²) in [7, 11) is 0. The number of ketones is 2. The summed E-state index contributed by atoms with van der Waals surface area (Å²) in [5.41, 5.74) is 3.19. The van der Waals surface area contributed by atoms with Crippen LogP contribution in [0.15, 0.2) is 71.8 Å². The minimum Gasteiger partial charge on any atom is -0.285 e. The molecular weight excluding hydrogens is 320 g/mol. The maximum atomic E-state index is 12.9. The van der Waals surface area contributed by atoms with Gasteiger partial charge in [-0.1, -0.05) is 73.5 Å². The van der Waals surface area contributed by atoms with Crippen LogP contribution in [0, 0.1) is 0 Å². The van der Waals surface area contributed by atoms with E-state index in [2.05, 4.69) is 0 Å². The smallest absolute Gasteiger partial charge is 0.229 e. The van der Waals surface area contributed by atoms with Gasteiger partial charge in [-0.2, -0.15) is 0 Å². The molecule has 1 fully saturated rings. The SMILES string of the molecule is O=C1C(=O)/C(=C\c2ccccc2)CCCCCC/C1=C/c1ccccc1. The second-order valence-corrected chi connectivity index (χ2v) is 6.73. The maximum absolute atomic E-state index is 12.9. The van der Waals surface area contributed by atoms with Gasteiger partial charge < -0.3 is 0 Å². The quantitative estimate of drug-likeness (QED) is 0.521. The van der Waals surface area contributed by atoms with E-state index in [9.17, 15) is 9.59 Å². The van der Waals surface area contributed by atoms with Crippen molar-refractivity contribution in [2.45, 2.75) is 38.5 Å². The zero-order valence-electron chi connectivity index (χ0n) is 15.0. The van der Waals surface area contributed by atoms with E-state index in [1.165, 1.54) is 0 Å². The lowest BCUT2D eigenvalue weighted by atomic mass is 9.90. The average Bonchev–Trinajstić information content (AvgIpc) is 2.68. The van der Waals surface area contributed by atoms with E-state index in [1.54, 1.807) is 0 Å². The van der Waals surface area contributed by atoms with Gasteiger partial charge in [0.05, 0.1) is 0 Å². The molecule has 3 rings (SSSR count). The standard InChI is InChI=1S/C24H24O2/c25-23-21(17-19-11-5-3-6-12-19)15-9-1-2-10-16-22(24(23)26)18-20-13-7-4-8-14-20/h3-8,11-14,17-18H,1-2,9-10,15-16H2/b21-17-,22-18-. The fourth-order valence-electron chi connectivity index (χ4n) is 3.28. The number of benzene rings is 2. The highest BCUT2D eigenvalue weighted by molar-refractivity contribution is 6.50. The molecule has 2 nitrogen and oxygen atoms in total. The highest BCUT2D eigenvalue weighted by Gasteiger charge is 2.23. The largest absolute Gasteiger partial charge is 0.285 e. The minimum absolute atomic E-state index is 0.349. The van der Waals surface area contributed by atoms with Gasteiger partial charge >= 0.3 is 0 Å². The van der Waals surface area contributed by atoms with Gasteiger partial charge in [0.15, 0.2) is 0 Å². The van der Waals surface area contributed by atoms with Gasteiger partial charge in [0.25, 0.3) is 0 Å². The first-order valence-electron chi connectivity index (χ1n) is 9.34. The monoisotopic (exact) mass is 344 g/mol. The van der Waals surface area contributed by atoms with Crippen molar-refractivity contribution in [1.82, 2.24) is 0 Å². The van der Waals surface area contributed by atoms with Crippen LogP contribution in [0.2, 0.25) is 0 Å². The highest BCUT2D eigenvalue weighted by atomic mass is 16.2. The van der Waals surface area contributed by atoms with Crippen LogP contribution >= 0.6 is 0 Å². The van der Waals surface area contributed by atoms with E-state index in [0.717, 1.165) is 36.8 Å². The fraction of sp³-hybridized carbons (Fsp3) is 0.250. The lowest BCUT2D eigenvalue weighted by Crippen LogP contribution is -2.19. The van der Waals surface area contributed by atoms with Crippen molar-refractivity contribution >= 4 is 23.7 Å². The molecule has 1 aliphatic rings. The van der Waals surface area contributed by atoms with E-state index in [4.69, 9.17) is 0 Å². The Hall–Kier alpha value is -2.74. The number of rotatable bonds is 2. The molecule has 2 heteroatoms. The number of allylic oxidation sites excluding steroid dienone is 2. The van der Waals surface area contributed by atoms with E-state index < -0.39 is 0 Å². The van der Waals surface area contributed by atoms with Crippen molar-refractivity contribution < 1.29 is 9.59 Å². The lowest BCUT2D eigenvalue weighted by Gasteiger charge is -2.12. The zero-order chi connectivity index (χ0) is 18.2. The molecule has 0 unspecified atom stereocenters. The molecular formula is C24H24O2. The first-order valence-corrected chi connectivity index (χ1v) is 9.34. The summed E-state index contributed by atoms with van der Waals surface area (Å²) in [6.45, 7) is 0. The Morgan fingerprint density at radius 2 is 0.923 bits per heavy atom. The third-order valence-corrected chi connectivity index (χ3v) is 4.71. The molecule has 0 aliphatic heterocycles. The number of carbonyl (C=O) groups is 2. The molecule has 2 aromatic rings. The van der Waals surface area contributed by atoms with Crippen LogP contribution in [-0.4, -0.2) is 11.6 Å². The summed E-state index contributed by atoms with van der Waals surface area (Å²) in [5.74, 6) is -0.698. The van der Waals surface area contributed by atoms with Crippen LogP contribution in [0.1, 0.15) is 49.7 Å². The maximum Gasteiger partial charge on any atom is 0.229 e. The van der Waals surface area contributed by atoms with Crippen LogP contribution in [-0.2, 0) is 9.59 Å². The summed E-state index contributed by atoms with van der Waals surface area (Å²) >= 11 is 0. The van der Waals surface area contributed by atoms with Gasteiger partial charge in [-0.05, 0) is 49.0 Å². The predicted molar refractivity (Wildman–Crippen MR) is 107 cm³/mol. The lowest BCUT2D eigenvalue weighted by molar-refractivity contribution is -0.132. The molecule has 0 bridgehead atoms. The Labute approximate surface area is 155 Å². The third-order valence-electron chi connectivity index (χ3n) is 4.71. The topological polar surface area (TPSA) is 34.1 Å². The molecule has 2 aromatic carbocycles. The van der Waals surface area contributed by atoms with Crippen LogP contribution in [0.3, 0.4) is 0 Å². The van der Waals surface area contributed by atoms with Crippen molar-refractivity contribution in [3.63, 3.8) is 0 Å². The summed E-state index contributed by atoms with van der Waals surface area (Å²) in [6.07, 6.45) is 9.17. The zero-order valence-corrected chi connectivity index (χ0v) is 15.0. The Balaban J connectivity index is 1.92. The Morgan fingerprint density at radius 3 is 1.31 bits per heavy atom. The van der Waals surface area contributed by atoms with E-state index in [-0.39, 0.29) is 11.6 Å². The third kappa shape index (κ3) is 4.89. The van der Waals surface area contributed by atoms with Crippen LogP contribution in [0.5, 0.6) is 0 Å². The molecule has 0 spiro atoms. The van der Waals surface area contributed by atoms with Gasteiger partial charge in [0.2, 0.25) is 11.6 Å². The minimum atomic E-state index is -0.349. The molecule has 26 heavy (non-hydrogen) atoms. The summed E-state index contributed by atoms with van der Waals surface area (Å²) in [4.78, 5) is 25.8. The Morgan fingerprint density at radius 1 is 0.538 bits per heavy atom. The van der Waals surface area contributed by atoms with Crippen molar-refractivity contribution in [1.29, 1.82) is 0 Å². The summed E-state index contributed by atoms with van der Waals surface area (Å²) in [5, 5.41) is 0. The van der Waals surface area contributed by atoms with Crippen LogP contribution < -0.4 is 0 Å². The van der Waals surface area contributed by atoms with E-state index in [0.29, 0.717) is 24.0 Å². The normalized spacial score (nSPS) is 19.7. The van der Waals surface area contributed by atoms with Gasteiger partial charge in [-0.3, -0.25) is 9.59 Å². The molecule has 0 radical (unpaired) electrons. The van der Waals surface area contributed by atoms with Crippen molar-refractivity contribution in [2.24, 2.45) is 0 Å². The van der Waals surface area contributed by atoms with Crippen molar-refractivity contribution in [2.75, 3.05) is 0 Å². The molecule has 0 N–H and O–H groups in total. The average molecular weight is 344 g/mol. The number of hydrogen-bond acceptors (Lipinski definition) is 2. The second kappa shape index (κ2) is 9.10. The first kappa shape index (κ1) is 18.1. The van der Waals surface area contributed by atoms with Crippen LogP contribution in [0.25, 0.3) is 12.2 Å². The van der Waals surface area contributed by atoms with Gasteiger partial charge in [0, 0.05) is 11.1 Å². The van der Waals surface area contributed by atoms with E-state index in [1.807, 2.05) is 72.8 Å².